The van der Waals surface area contributed by atoms with Gasteiger partial charge >= 0.3 is 11.9 Å². The predicted molar refractivity (Wildman–Crippen MR) is 268 cm³/mol. The summed E-state index contributed by atoms with van der Waals surface area (Å²) in [6.07, 6.45) is -4.81. The minimum atomic E-state index is -1.59. The highest BCUT2D eigenvalue weighted by Crippen LogP contribution is 2.37. The van der Waals surface area contributed by atoms with Crippen LogP contribution in [-0.2, 0) is 59.0 Å². The van der Waals surface area contributed by atoms with Crippen LogP contribution in [0.2, 0.25) is 0 Å². The first-order chi connectivity index (χ1) is 35.3. The first kappa shape index (κ1) is 57.3. The van der Waals surface area contributed by atoms with Crippen molar-refractivity contribution in [1.29, 1.82) is 0 Å². The van der Waals surface area contributed by atoms with Crippen LogP contribution >= 0.6 is 0 Å². The van der Waals surface area contributed by atoms with Crippen LogP contribution in [0, 0.1) is 0 Å². The third kappa shape index (κ3) is 16.5. The van der Waals surface area contributed by atoms with Gasteiger partial charge in [0.2, 0.25) is 12.6 Å². The van der Waals surface area contributed by atoms with Crippen molar-refractivity contribution in [1.82, 2.24) is 0 Å². The van der Waals surface area contributed by atoms with Gasteiger partial charge in [0.05, 0.1) is 39.3 Å². The van der Waals surface area contributed by atoms with Gasteiger partial charge < -0.3 is 74.0 Å². The quantitative estimate of drug-likeness (QED) is 0.0288. The second-order valence-corrected chi connectivity index (χ2v) is 18.6. The summed E-state index contributed by atoms with van der Waals surface area (Å²) in [7, 11) is 0. The van der Waals surface area contributed by atoms with Gasteiger partial charge in [0.25, 0.3) is 0 Å². The molecule has 10 atom stereocenters. The number of aliphatic hydroxyl groups excluding tert-OH is 8. The number of rotatable bonds is 28. The molecule has 0 aliphatic carbocycles. The number of esters is 2. The third-order valence-corrected chi connectivity index (χ3v) is 13.1. The Morgan fingerprint density at radius 3 is 1.29 bits per heavy atom. The van der Waals surface area contributed by atoms with Crippen LogP contribution in [0.5, 0.6) is 11.5 Å². The summed E-state index contributed by atoms with van der Waals surface area (Å²) in [6.45, 7) is 4.25. The molecule has 6 rings (SSSR count). The minimum absolute atomic E-state index is 0.0898. The zero-order valence-corrected chi connectivity index (χ0v) is 41.8. The number of carbonyl (C=O) groups is 2. The summed E-state index contributed by atoms with van der Waals surface area (Å²) in [5.41, 5.74) is 6.50. The average Bonchev–Trinajstić information content (AvgIpc) is 3.38. The fourth-order valence-corrected chi connectivity index (χ4v) is 9.03. The molecule has 400 valence electrons. The zero-order chi connectivity index (χ0) is 52.3. The van der Waals surface area contributed by atoms with E-state index in [9.17, 15) is 50.4 Å². The number of hydrogen-bond donors (Lipinski definition) is 8. The van der Waals surface area contributed by atoms with E-state index in [2.05, 4.69) is 0 Å². The van der Waals surface area contributed by atoms with Gasteiger partial charge in [-0.25, -0.2) is 0 Å². The van der Waals surface area contributed by atoms with E-state index < -0.39 is 74.6 Å². The summed E-state index contributed by atoms with van der Waals surface area (Å²) >= 11 is 0. The molecule has 8 N–H and O–H groups in total. The molecule has 0 unspecified atom stereocenters. The Hall–Kier alpha value is -5.02. The first-order valence-electron chi connectivity index (χ1n) is 25.6. The Bertz CT molecular complexity index is 2160. The number of hydrogen-bond acceptors (Lipinski definition) is 17. The molecule has 4 aromatic rings. The molecule has 2 aliphatic heterocycles. The Labute approximate surface area is 427 Å². The summed E-state index contributed by atoms with van der Waals surface area (Å²) in [4.78, 5) is 24.6. The van der Waals surface area contributed by atoms with Crippen molar-refractivity contribution in [2.45, 2.75) is 152 Å². The van der Waals surface area contributed by atoms with Crippen molar-refractivity contribution in [3.63, 3.8) is 0 Å². The fourth-order valence-electron chi connectivity index (χ4n) is 9.03. The number of benzene rings is 4. The molecule has 0 spiro atoms. The number of aliphatic hydroxyl groups is 8. The maximum atomic E-state index is 12.3. The van der Waals surface area contributed by atoms with Gasteiger partial charge in [0.15, 0.2) is 0 Å². The van der Waals surface area contributed by atoms with Gasteiger partial charge in [-0.05, 0) is 110 Å². The molecule has 0 saturated carbocycles. The van der Waals surface area contributed by atoms with Crippen molar-refractivity contribution in [2.75, 3.05) is 39.6 Å². The molecule has 17 nitrogen and oxygen atoms in total. The Kier molecular flexibility index (Phi) is 22.9. The number of aryl methyl sites for hydroxylation is 2. The van der Waals surface area contributed by atoms with Crippen LogP contribution in [0.3, 0.4) is 0 Å². The van der Waals surface area contributed by atoms with Gasteiger partial charge in [-0.2, -0.15) is 0 Å². The second kappa shape index (κ2) is 29.2. The molecule has 17 heteroatoms. The number of ether oxygens (including phenoxy) is 7. The van der Waals surface area contributed by atoms with E-state index in [1.54, 1.807) is 26.0 Å². The predicted octanol–water partition coefficient (Wildman–Crippen LogP) is 4.51. The van der Waals surface area contributed by atoms with Crippen LogP contribution in [-0.4, -0.2) is 154 Å². The lowest BCUT2D eigenvalue weighted by molar-refractivity contribution is -0.277. The molecular formula is C56H74O17. The van der Waals surface area contributed by atoms with Crippen LogP contribution in [0.1, 0.15) is 87.5 Å². The van der Waals surface area contributed by atoms with Crippen LogP contribution < -0.4 is 9.47 Å². The molecule has 0 amide bonds. The van der Waals surface area contributed by atoms with Crippen molar-refractivity contribution < 1.29 is 83.6 Å². The van der Waals surface area contributed by atoms with Gasteiger partial charge in [0.1, 0.15) is 60.3 Å². The minimum Gasteiger partial charge on any atom is -0.466 e. The molecule has 0 radical (unpaired) electrons. The Balaban J connectivity index is 0.948. The molecular weight excluding hydrogens is 945 g/mol. The van der Waals surface area contributed by atoms with E-state index in [4.69, 9.17) is 33.2 Å². The van der Waals surface area contributed by atoms with E-state index in [-0.39, 0.29) is 38.0 Å². The smallest absolute Gasteiger partial charge is 0.310 e. The third-order valence-electron chi connectivity index (χ3n) is 13.1. The Morgan fingerprint density at radius 2 is 0.890 bits per heavy atom. The molecule has 0 bridgehead atoms. The fraction of sp³-hybridized carbons (Fsp3) is 0.536. The standard InChI is InChI=1S/C56H74O17/c1-3-68-47(59)31-37-17-13-19-39(27-37)41-29-35(21-23-43(41)70-55-53(65)51(63)49(61)45(33-57)72-55)15-9-5-7-11-25-67-26-12-8-6-10-16-36-22-24-44(71-56-54(66)52(64)50(62)46(34-58)73-56)42(30-36)40-20-14-18-38(28-40)32-48(60)69-4-2/h13-14,17-24,27-30,45-46,49-58,61-66H,3-12,15-16,25-26,31-34H2,1-2H3/t45-,46-,49-,50-,51+,52+,53+,54+,55-,56-/m1/s1. The zero-order valence-electron chi connectivity index (χ0n) is 41.8. The summed E-state index contributed by atoms with van der Waals surface area (Å²) < 4.78 is 39.8. The van der Waals surface area contributed by atoms with Gasteiger partial charge in [-0.1, -0.05) is 86.3 Å². The largest absolute Gasteiger partial charge is 0.466 e. The lowest BCUT2D eigenvalue weighted by Gasteiger charge is -2.39. The maximum absolute atomic E-state index is 12.3. The monoisotopic (exact) mass is 1020 g/mol. The van der Waals surface area contributed by atoms with Crippen LogP contribution in [0.15, 0.2) is 84.9 Å². The van der Waals surface area contributed by atoms with E-state index in [0.29, 0.717) is 35.8 Å². The second-order valence-electron chi connectivity index (χ2n) is 18.6. The molecule has 4 aromatic carbocycles. The lowest BCUT2D eigenvalue weighted by atomic mass is 9.96. The van der Waals surface area contributed by atoms with Crippen LogP contribution in [0.25, 0.3) is 22.3 Å². The van der Waals surface area contributed by atoms with E-state index in [1.165, 1.54) is 0 Å². The Morgan fingerprint density at radius 1 is 0.479 bits per heavy atom. The van der Waals surface area contributed by atoms with Gasteiger partial charge in [-0.15, -0.1) is 0 Å². The molecule has 2 aliphatic rings. The topological polar surface area (TPSA) is 261 Å². The summed E-state index contributed by atoms with van der Waals surface area (Å²) in [5, 5.41) is 82.2. The van der Waals surface area contributed by atoms with Gasteiger partial charge in [0, 0.05) is 24.3 Å². The van der Waals surface area contributed by atoms with E-state index >= 15 is 0 Å². The number of carbonyl (C=O) groups excluding carboxylic acids is 2. The van der Waals surface area contributed by atoms with Gasteiger partial charge in [-0.3, -0.25) is 9.59 Å². The highest BCUT2D eigenvalue weighted by Gasteiger charge is 2.46. The van der Waals surface area contributed by atoms with Crippen molar-refractivity contribution in [3.8, 4) is 33.8 Å². The van der Waals surface area contributed by atoms with E-state index in [1.807, 2.05) is 72.8 Å². The average molecular weight is 1020 g/mol. The first-order valence-corrected chi connectivity index (χ1v) is 25.6. The number of unbranched alkanes of at least 4 members (excludes halogenated alkanes) is 6. The molecule has 2 heterocycles. The summed E-state index contributed by atoms with van der Waals surface area (Å²) in [6, 6.07) is 26.3. The van der Waals surface area contributed by atoms with Crippen molar-refractivity contribution in [2.24, 2.45) is 0 Å². The van der Waals surface area contributed by atoms with E-state index in [0.717, 1.165) is 97.6 Å². The normalized spacial score (nSPS) is 24.0. The SMILES string of the molecule is CCOC(=O)Cc1cccc(-c2cc(CCCCCCOCCCCCCc3ccc(O[C@@H]4O[C@H](CO)[C@@H](O)[C@H](O)[C@@H]4O)c(-c4cccc(CC(=O)OCC)c4)c3)ccc2O[C@@H]2O[C@H](CO)[C@@H](O)[C@H](O)[C@@H]2O)c1. The highest BCUT2D eigenvalue weighted by molar-refractivity contribution is 5.77. The van der Waals surface area contributed by atoms with Crippen molar-refractivity contribution >= 4 is 11.9 Å². The molecule has 73 heavy (non-hydrogen) atoms. The molecule has 2 fully saturated rings. The lowest BCUT2D eigenvalue weighted by Crippen LogP contribution is -2.60. The highest BCUT2D eigenvalue weighted by atomic mass is 16.7. The molecule has 2 saturated heterocycles. The maximum Gasteiger partial charge on any atom is 0.310 e. The molecule has 0 aromatic heterocycles. The van der Waals surface area contributed by atoms with Crippen molar-refractivity contribution in [3.05, 3.63) is 107 Å². The summed E-state index contributed by atoms with van der Waals surface area (Å²) in [5.74, 6) is 0.0259. The van der Waals surface area contributed by atoms with Crippen LogP contribution in [0.4, 0.5) is 0 Å².